The molecule has 2 aromatic rings. The lowest BCUT2D eigenvalue weighted by Crippen LogP contribution is -2.01. The first kappa shape index (κ1) is 38.5. The first-order valence-electron chi connectivity index (χ1n) is 9.45. The summed E-state index contributed by atoms with van der Waals surface area (Å²) >= 11 is 3.26. The molecule has 0 saturated heterocycles. The van der Waals surface area contributed by atoms with Crippen LogP contribution >= 0.6 is 15.9 Å². The molecule has 0 radical (unpaired) electrons. The van der Waals surface area contributed by atoms with Gasteiger partial charge in [0.15, 0.2) is 0 Å². The summed E-state index contributed by atoms with van der Waals surface area (Å²) in [5, 5.41) is 8.24. The van der Waals surface area contributed by atoms with E-state index in [-0.39, 0.29) is 46.1 Å². The van der Waals surface area contributed by atoms with Gasteiger partial charge < -0.3 is 19.4 Å². The topological polar surface area (TPSA) is 89.9 Å². The molecule has 34 heavy (non-hydrogen) atoms. The lowest BCUT2D eigenvalue weighted by Gasteiger charge is -2.01. The molecule has 1 N–H and O–H groups in total. The highest BCUT2D eigenvalue weighted by Gasteiger charge is 2.04. The summed E-state index contributed by atoms with van der Waals surface area (Å²) < 4.78 is 10.1. The third kappa shape index (κ3) is 17.7. The number of Topliss-reactive ketones (excluding diaryl/α,β-unsaturated/α-hetero) is 1. The molecule has 0 amide bonds. The molecule has 192 valence electrons. The number of ketones is 1. The smallest absolute Gasteiger partial charge is 0.337 e. The zero-order valence-electron chi connectivity index (χ0n) is 18.3. The zero-order chi connectivity index (χ0) is 23.8. The molecule has 0 bridgehead atoms. The van der Waals surface area contributed by atoms with Crippen LogP contribution in [0.5, 0.6) is 0 Å². The van der Waals surface area contributed by atoms with Crippen molar-refractivity contribution in [2.24, 2.45) is 0 Å². The number of halogens is 1. The minimum atomic E-state index is -0.352. The van der Waals surface area contributed by atoms with E-state index >= 15 is 0 Å². The van der Waals surface area contributed by atoms with Crippen LogP contribution in [0, 0.1) is 0 Å². The fourth-order valence-electron chi connectivity index (χ4n) is 1.95. The lowest BCUT2D eigenvalue weighted by molar-refractivity contribution is -0.116. The van der Waals surface area contributed by atoms with Gasteiger partial charge in [0, 0.05) is 10.9 Å². The lowest BCUT2D eigenvalue weighted by atomic mass is 10.1. The number of rotatable bonds is 6. The number of hydrogen-bond acceptors (Lipinski definition) is 6. The third-order valence-electron chi connectivity index (χ3n) is 3.75. The molecule has 1 unspecified atom stereocenters. The molecule has 0 spiro atoms. The first-order valence-corrected chi connectivity index (χ1v) is 10.2. The SMILES string of the molecule is C.C.C.C=CC(C)O.COC(=O)c1ccc(Br)cc1.COC(=O)c1ccc(CCC(C)=O)cc1. The second-order valence-corrected chi connectivity index (χ2v) is 7.28. The Morgan fingerprint density at radius 3 is 1.56 bits per heavy atom. The van der Waals surface area contributed by atoms with Crippen molar-refractivity contribution in [2.45, 2.75) is 55.1 Å². The molecule has 6 nitrogen and oxygen atoms in total. The highest BCUT2D eigenvalue weighted by atomic mass is 79.9. The summed E-state index contributed by atoms with van der Waals surface area (Å²) in [6, 6.07) is 14.1. The van der Waals surface area contributed by atoms with E-state index in [1.807, 2.05) is 12.1 Å². The maximum Gasteiger partial charge on any atom is 0.337 e. The minimum Gasteiger partial charge on any atom is -0.465 e. The van der Waals surface area contributed by atoms with Crippen molar-refractivity contribution >= 4 is 33.7 Å². The van der Waals surface area contributed by atoms with Crippen LogP contribution in [0.2, 0.25) is 0 Å². The van der Waals surface area contributed by atoms with Gasteiger partial charge in [0.25, 0.3) is 0 Å². The first-order chi connectivity index (χ1) is 14.6. The summed E-state index contributed by atoms with van der Waals surface area (Å²) in [5.74, 6) is -0.474. The molecular formula is C27H41BrO6. The Kier molecular flexibility index (Phi) is 25.0. The number of aryl methyl sites for hydroxylation is 1. The largest absolute Gasteiger partial charge is 0.465 e. The van der Waals surface area contributed by atoms with Crippen molar-refractivity contribution in [3.8, 4) is 0 Å². The average Bonchev–Trinajstić information content (AvgIpc) is 2.78. The predicted octanol–water partition coefficient (Wildman–Crippen LogP) is 6.69. The molecule has 0 aliphatic carbocycles. The Morgan fingerprint density at radius 2 is 1.26 bits per heavy atom. The monoisotopic (exact) mass is 540 g/mol. The van der Waals surface area contributed by atoms with Gasteiger partial charge in [-0.3, -0.25) is 0 Å². The summed E-state index contributed by atoms with van der Waals surface area (Å²) in [4.78, 5) is 32.8. The maximum atomic E-state index is 11.1. The fraction of sp³-hybridized carbons (Fsp3) is 0.370. The fourth-order valence-corrected chi connectivity index (χ4v) is 2.21. The summed E-state index contributed by atoms with van der Waals surface area (Å²) in [6.07, 6.45) is 2.38. The molecule has 0 aliphatic rings. The number of benzene rings is 2. The normalized spacial score (nSPS) is 9.35. The molecule has 0 fully saturated rings. The van der Waals surface area contributed by atoms with E-state index in [4.69, 9.17) is 5.11 Å². The molecule has 2 rings (SSSR count). The number of methoxy groups -OCH3 is 2. The van der Waals surface area contributed by atoms with Gasteiger partial charge in [0.1, 0.15) is 5.78 Å². The van der Waals surface area contributed by atoms with E-state index in [1.54, 1.807) is 50.2 Å². The molecule has 0 heterocycles. The van der Waals surface area contributed by atoms with Gasteiger partial charge in [0.2, 0.25) is 0 Å². The Morgan fingerprint density at radius 1 is 0.912 bits per heavy atom. The third-order valence-corrected chi connectivity index (χ3v) is 4.28. The van der Waals surface area contributed by atoms with Gasteiger partial charge in [-0.05, 0) is 62.2 Å². The predicted molar refractivity (Wildman–Crippen MR) is 144 cm³/mol. The van der Waals surface area contributed by atoms with Crippen LogP contribution in [0.1, 0.15) is 68.8 Å². The zero-order valence-corrected chi connectivity index (χ0v) is 19.8. The van der Waals surface area contributed by atoms with Gasteiger partial charge in [-0.1, -0.05) is 56.4 Å². The van der Waals surface area contributed by atoms with E-state index in [0.717, 1.165) is 16.5 Å². The summed E-state index contributed by atoms with van der Waals surface area (Å²) in [7, 11) is 2.72. The van der Waals surface area contributed by atoms with Crippen LogP contribution in [0.3, 0.4) is 0 Å². The van der Waals surface area contributed by atoms with E-state index in [0.29, 0.717) is 17.5 Å². The van der Waals surface area contributed by atoms with Crippen LogP contribution in [-0.4, -0.2) is 43.2 Å². The maximum absolute atomic E-state index is 11.1. The van der Waals surface area contributed by atoms with Crippen LogP contribution in [0.15, 0.2) is 65.7 Å². The van der Waals surface area contributed by atoms with Crippen LogP contribution in [-0.2, 0) is 20.7 Å². The van der Waals surface area contributed by atoms with Crippen molar-refractivity contribution < 1.29 is 29.0 Å². The van der Waals surface area contributed by atoms with Crippen molar-refractivity contribution in [2.75, 3.05) is 14.2 Å². The van der Waals surface area contributed by atoms with Crippen LogP contribution in [0.25, 0.3) is 0 Å². The Labute approximate surface area is 214 Å². The minimum absolute atomic E-state index is 0. The molecule has 0 saturated carbocycles. The highest BCUT2D eigenvalue weighted by Crippen LogP contribution is 2.11. The number of ether oxygens (including phenoxy) is 2. The summed E-state index contributed by atoms with van der Waals surface area (Å²) in [5.41, 5.74) is 2.15. The standard InChI is InChI=1S/C12H14O3.C8H7BrO2.C4H8O.3CH4/c1-9(13)3-4-10-5-7-11(8-6-10)12(14)15-2;1-11-8(10)6-2-4-7(9)5-3-6;1-3-4(2)5;;;/h5-8H,3-4H2,1-2H3;2-5H,1H3;3-5H,1H2,2H3;3*1H4. The van der Waals surface area contributed by atoms with Crippen molar-refractivity contribution in [3.05, 3.63) is 82.3 Å². The second kappa shape index (κ2) is 22.0. The molecule has 0 aliphatic heterocycles. The molecular weight excluding hydrogens is 500 g/mol. The molecule has 1 atom stereocenters. The number of carbonyl (C=O) groups excluding carboxylic acids is 3. The second-order valence-electron chi connectivity index (χ2n) is 6.37. The van der Waals surface area contributed by atoms with Gasteiger partial charge in [0.05, 0.1) is 31.5 Å². The van der Waals surface area contributed by atoms with Gasteiger partial charge in [-0.15, -0.1) is 6.58 Å². The molecule has 7 heteroatoms. The quantitative estimate of drug-likeness (QED) is 0.324. The van der Waals surface area contributed by atoms with E-state index in [9.17, 15) is 14.4 Å². The Bertz CT molecular complexity index is 827. The number of aliphatic hydroxyl groups excluding tert-OH is 1. The van der Waals surface area contributed by atoms with Crippen molar-refractivity contribution in [3.63, 3.8) is 0 Å². The van der Waals surface area contributed by atoms with Crippen LogP contribution in [0.4, 0.5) is 0 Å². The average molecular weight is 542 g/mol. The van der Waals surface area contributed by atoms with Crippen LogP contribution < -0.4 is 0 Å². The Balaban J connectivity index is -0.000000211. The van der Waals surface area contributed by atoms with Crippen molar-refractivity contribution in [1.29, 1.82) is 0 Å². The molecule has 0 aromatic heterocycles. The van der Waals surface area contributed by atoms with Gasteiger partial charge in [-0.25, -0.2) is 9.59 Å². The van der Waals surface area contributed by atoms with Gasteiger partial charge in [-0.2, -0.15) is 0 Å². The number of esters is 2. The highest BCUT2D eigenvalue weighted by molar-refractivity contribution is 9.10. The Hall–Kier alpha value is -2.77. The van der Waals surface area contributed by atoms with Gasteiger partial charge >= 0.3 is 11.9 Å². The number of carbonyl (C=O) groups is 3. The molecule has 2 aromatic carbocycles. The van der Waals surface area contributed by atoms with E-state index in [1.165, 1.54) is 20.3 Å². The van der Waals surface area contributed by atoms with Crippen molar-refractivity contribution in [1.82, 2.24) is 0 Å². The number of aliphatic hydroxyl groups is 1. The number of hydrogen-bond donors (Lipinski definition) is 1. The van der Waals surface area contributed by atoms with E-state index in [2.05, 4.69) is 32.0 Å². The van der Waals surface area contributed by atoms with E-state index < -0.39 is 0 Å². The summed E-state index contributed by atoms with van der Waals surface area (Å²) in [6.45, 7) is 6.54.